The molecule has 0 radical (unpaired) electrons. The normalized spacial score (nSPS) is 14.9. The average molecular weight is 218 g/mol. The van der Waals surface area contributed by atoms with Crippen molar-refractivity contribution in [1.82, 2.24) is 0 Å². The van der Waals surface area contributed by atoms with Crippen molar-refractivity contribution in [1.29, 1.82) is 0 Å². The van der Waals surface area contributed by atoms with Gasteiger partial charge in [-0.1, -0.05) is 25.1 Å². The second-order valence-electron chi connectivity index (χ2n) is 4.11. The van der Waals surface area contributed by atoms with Crippen molar-refractivity contribution in [2.45, 2.75) is 25.9 Å². The van der Waals surface area contributed by atoms with Crippen molar-refractivity contribution in [3.8, 4) is 0 Å². The maximum absolute atomic E-state index is 11.7. The molecule has 2 aromatic rings. The molecule has 0 aliphatic heterocycles. The van der Waals surface area contributed by atoms with E-state index >= 15 is 0 Å². The molecule has 1 aromatic carbocycles. The third-order valence-electron chi connectivity index (χ3n) is 2.89. The maximum atomic E-state index is 11.7. The van der Waals surface area contributed by atoms with E-state index in [0.717, 1.165) is 5.39 Å². The van der Waals surface area contributed by atoms with Gasteiger partial charge in [0.25, 0.3) is 0 Å². The minimum absolute atomic E-state index is 0.318. The molecule has 2 rings (SSSR count). The molecule has 0 spiro atoms. The van der Waals surface area contributed by atoms with Gasteiger partial charge in [0, 0.05) is 0 Å². The van der Waals surface area contributed by atoms with Crippen LogP contribution in [0.25, 0.3) is 10.8 Å². The Kier molecular flexibility index (Phi) is 2.56. The first kappa shape index (κ1) is 10.9. The van der Waals surface area contributed by atoms with Crippen LogP contribution in [-0.2, 0) is 5.60 Å². The third kappa shape index (κ3) is 1.74. The lowest BCUT2D eigenvalue weighted by molar-refractivity contribution is 0.0276. The third-order valence-corrected chi connectivity index (χ3v) is 2.89. The highest BCUT2D eigenvalue weighted by Gasteiger charge is 2.24. The topological polar surface area (TPSA) is 50.4 Å². The SMILES string of the molecule is CC[C@](C)(O)c1cc2ccccc2c(=O)o1. The van der Waals surface area contributed by atoms with E-state index in [4.69, 9.17) is 4.42 Å². The van der Waals surface area contributed by atoms with Gasteiger partial charge >= 0.3 is 5.63 Å². The molecule has 0 aliphatic rings. The first-order chi connectivity index (χ1) is 7.54. The van der Waals surface area contributed by atoms with Crippen LogP contribution in [0.4, 0.5) is 0 Å². The fourth-order valence-corrected chi connectivity index (χ4v) is 1.57. The number of hydrogen-bond donors (Lipinski definition) is 1. The molecule has 84 valence electrons. The Hall–Kier alpha value is -1.61. The number of hydrogen-bond acceptors (Lipinski definition) is 3. The van der Waals surface area contributed by atoms with E-state index < -0.39 is 11.2 Å². The number of rotatable bonds is 2. The minimum atomic E-state index is -1.09. The summed E-state index contributed by atoms with van der Waals surface area (Å²) < 4.78 is 5.14. The Morgan fingerprint density at radius 3 is 2.75 bits per heavy atom. The van der Waals surface area contributed by atoms with Crippen molar-refractivity contribution in [3.05, 3.63) is 46.5 Å². The van der Waals surface area contributed by atoms with Crippen LogP contribution in [-0.4, -0.2) is 5.11 Å². The summed E-state index contributed by atoms with van der Waals surface area (Å²) >= 11 is 0. The second kappa shape index (κ2) is 3.76. The Bertz CT molecular complexity index is 567. The molecule has 1 aromatic heterocycles. The molecule has 0 aliphatic carbocycles. The van der Waals surface area contributed by atoms with Crippen molar-refractivity contribution in [2.24, 2.45) is 0 Å². The van der Waals surface area contributed by atoms with Crippen LogP contribution in [0, 0.1) is 0 Å². The lowest BCUT2D eigenvalue weighted by Gasteiger charge is -2.19. The molecule has 1 atom stereocenters. The fourth-order valence-electron chi connectivity index (χ4n) is 1.57. The molecule has 3 nitrogen and oxygen atoms in total. The zero-order valence-electron chi connectivity index (χ0n) is 9.36. The molecule has 0 saturated heterocycles. The van der Waals surface area contributed by atoms with E-state index in [0.29, 0.717) is 17.6 Å². The molecular formula is C13H14O3. The van der Waals surface area contributed by atoms with E-state index in [1.165, 1.54) is 0 Å². The summed E-state index contributed by atoms with van der Waals surface area (Å²) in [5, 5.41) is 11.4. The quantitative estimate of drug-likeness (QED) is 0.842. The maximum Gasteiger partial charge on any atom is 0.343 e. The van der Waals surface area contributed by atoms with Crippen molar-refractivity contribution >= 4 is 10.8 Å². The predicted molar refractivity (Wildman–Crippen MR) is 62.3 cm³/mol. The van der Waals surface area contributed by atoms with Gasteiger partial charge in [-0.05, 0) is 30.9 Å². The van der Waals surface area contributed by atoms with Crippen LogP contribution in [0.3, 0.4) is 0 Å². The van der Waals surface area contributed by atoms with Crippen molar-refractivity contribution < 1.29 is 9.52 Å². The molecule has 0 amide bonds. The van der Waals surface area contributed by atoms with Crippen molar-refractivity contribution in [2.75, 3.05) is 0 Å². The summed E-state index contributed by atoms with van der Waals surface area (Å²) in [5.74, 6) is 0.318. The Morgan fingerprint density at radius 2 is 2.06 bits per heavy atom. The number of fused-ring (bicyclic) bond motifs is 1. The molecule has 1 heterocycles. The lowest BCUT2D eigenvalue weighted by Crippen LogP contribution is -2.21. The van der Waals surface area contributed by atoms with Gasteiger partial charge in [0.1, 0.15) is 11.4 Å². The zero-order valence-corrected chi connectivity index (χ0v) is 9.36. The average Bonchev–Trinajstić information content (AvgIpc) is 2.29. The monoisotopic (exact) mass is 218 g/mol. The predicted octanol–water partition coefficient (Wildman–Crippen LogP) is 2.41. The summed E-state index contributed by atoms with van der Waals surface area (Å²) in [4.78, 5) is 11.7. The number of aliphatic hydroxyl groups is 1. The first-order valence-electron chi connectivity index (χ1n) is 5.30. The highest BCUT2D eigenvalue weighted by Crippen LogP contribution is 2.25. The largest absolute Gasteiger partial charge is 0.424 e. The van der Waals surface area contributed by atoms with Crippen LogP contribution in [0.5, 0.6) is 0 Å². The van der Waals surface area contributed by atoms with E-state index in [1.54, 1.807) is 25.1 Å². The molecule has 0 saturated carbocycles. The summed E-state index contributed by atoms with van der Waals surface area (Å²) in [6, 6.07) is 8.91. The van der Waals surface area contributed by atoms with E-state index in [9.17, 15) is 9.90 Å². The first-order valence-corrected chi connectivity index (χ1v) is 5.30. The van der Waals surface area contributed by atoms with E-state index in [1.807, 2.05) is 19.1 Å². The molecule has 0 unspecified atom stereocenters. The summed E-state index contributed by atoms with van der Waals surface area (Å²) in [6.07, 6.45) is 0.494. The number of benzene rings is 1. The smallest absolute Gasteiger partial charge is 0.343 e. The lowest BCUT2D eigenvalue weighted by atomic mass is 9.98. The minimum Gasteiger partial charge on any atom is -0.424 e. The molecular weight excluding hydrogens is 204 g/mol. The van der Waals surface area contributed by atoms with Crippen LogP contribution in [0.15, 0.2) is 39.5 Å². The van der Waals surface area contributed by atoms with Crippen molar-refractivity contribution in [3.63, 3.8) is 0 Å². The van der Waals surface area contributed by atoms with Crippen LogP contribution in [0.2, 0.25) is 0 Å². The Labute approximate surface area is 93.3 Å². The van der Waals surface area contributed by atoms with Gasteiger partial charge in [-0.2, -0.15) is 0 Å². The summed E-state index contributed by atoms with van der Waals surface area (Å²) in [5.41, 5.74) is -1.50. The highest BCUT2D eigenvalue weighted by atomic mass is 16.4. The van der Waals surface area contributed by atoms with Gasteiger partial charge in [0.05, 0.1) is 5.39 Å². The second-order valence-corrected chi connectivity index (χ2v) is 4.11. The highest BCUT2D eigenvalue weighted by molar-refractivity contribution is 5.81. The van der Waals surface area contributed by atoms with Crippen LogP contribution >= 0.6 is 0 Å². The van der Waals surface area contributed by atoms with Gasteiger partial charge in [-0.25, -0.2) is 4.79 Å². The molecule has 0 fully saturated rings. The molecule has 0 bridgehead atoms. The van der Waals surface area contributed by atoms with E-state index in [-0.39, 0.29) is 0 Å². The van der Waals surface area contributed by atoms with Crippen LogP contribution < -0.4 is 5.63 Å². The Balaban J connectivity index is 2.72. The van der Waals surface area contributed by atoms with Gasteiger partial charge in [0.2, 0.25) is 0 Å². The molecule has 3 heteroatoms. The molecule has 1 N–H and O–H groups in total. The van der Waals surface area contributed by atoms with Crippen LogP contribution in [0.1, 0.15) is 26.0 Å². The fraction of sp³-hybridized carbons (Fsp3) is 0.308. The summed E-state index contributed by atoms with van der Waals surface area (Å²) in [7, 11) is 0. The molecule has 16 heavy (non-hydrogen) atoms. The Morgan fingerprint density at radius 1 is 1.38 bits per heavy atom. The summed E-state index contributed by atoms with van der Waals surface area (Å²) in [6.45, 7) is 3.48. The standard InChI is InChI=1S/C13H14O3/c1-3-13(2,15)11-8-9-6-4-5-7-10(9)12(14)16-11/h4-8,15H,3H2,1-2H3/t13-/m0/s1. The zero-order chi connectivity index (χ0) is 11.8. The van der Waals surface area contributed by atoms with Gasteiger partial charge in [-0.15, -0.1) is 0 Å². The van der Waals surface area contributed by atoms with Gasteiger partial charge in [-0.3, -0.25) is 0 Å². The van der Waals surface area contributed by atoms with E-state index in [2.05, 4.69) is 0 Å². The van der Waals surface area contributed by atoms with Gasteiger partial charge < -0.3 is 9.52 Å². The van der Waals surface area contributed by atoms with Gasteiger partial charge in [0.15, 0.2) is 0 Å².